The maximum atomic E-state index is 5.34. The number of anilines is 1. The van der Waals surface area contributed by atoms with Crippen LogP contribution in [0.25, 0.3) is 0 Å². The molecule has 15 heavy (non-hydrogen) atoms. The Labute approximate surface area is 89.4 Å². The first kappa shape index (κ1) is 11.9. The number of nitrogens with one attached hydrogen (secondary N) is 2. The largest absolute Gasteiger partial charge is 0.407 e. The van der Waals surface area contributed by atoms with Crippen LogP contribution in [0.2, 0.25) is 0 Å². The molecule has 0 radical (unpaired) electrons. The van der Waals surface area contributed by atoms with Crippen molar-refractivity contribution in [3.05, 3.63) is 5.89 Å². The van der Waals surface area contributed by atoms with Gasteiger partial charge in [0.15, 0.2) is 0 Å². The lowest BCUT2D eigenvalue weighted by atomic mass is 10.2. The van der Waals surface area contributed by atoms with Crippen molar-refractivity contribution in [2.75, 3.05) is 26.1 Å². The Balaban J connectivity index is 2.35. The zero-order valence-corrected chi connectivity index (χ0v) is 9.41. The summed E-state index contributed by atoms with van der Waals surface area (Å²) in [4.78, 5) is 0. The first-order valence-corrected chi connectivity index (χ1v) is 4.98. The third-order valence-electron chi connectivity index (χ3n) is 1.92. The quantitative estimate of drug-likeness (QED) is 0.693. The first-order valence-electron chi connectivity index (χ1n) is 4.98. The highest BCUT2D eigenvalue weighted by Crippen LogP contribution is 2.07. The molecule has 1 heterocycles. The smallest absolute Gasteiger partial charge is 0.315 e. The van der Waals surface area contributed by atoms with E-state index in [0.717, 1.165) is 6.42 Å². The average Bonchev–Trinajstić information content (AvgIpc) is 2.63. The molecule has 0 saturated carbocycles. The van der Waals surface area contributed by atoms with Crippen molar-refractivity contribution in [2.24, 2.45) is 0 Å². The van der Waals surface area contributed by atoms with Gasteiger partial charge in [0.05, 0.1) is 6.54 Å². The number of methoxy groups -OCH3 is 1. The molecule has 0 spiro atoms. The number of aromatic nitrogens is 2. The van der Waals surface area contributed by atoms with Gasteiger partial charge in [-0.1, -0.05) is 5.10 Å². The van der Waals surface area contributed by atoms with E-state index in [9.17, 15) is 0 Å². The topological polar surface area (TPSA) is 72.2 Å². The number of hydrogen-bond donors (Lipinski definition) is 2. The number of nitrogens with zero attached hydrogens (tertiary/aromatic N) is 2. The van der Waals surface area contributed by atoms with Gasteiger partial charge in [-0.2, -0.15) is 0 Å². The van der Waals surface area contributed by atoms with Crippen LogP contribution in [0.4, 0.5) is 6.01 Å². The second-order valence-electron chi connectivity index (χ2n) is 3.36. The summed E-state index contributed by atoms with van der Waals surface area (Å²) in [6.07, 6.45) is 0.903. The maximum Gasteiger partial charge on any atom is 0.315 e. The fourth-order valence-corrected chi connectivity index (χ4v) is 1.11. The van der Waals surface area contributed by atoms with Crippen LogP contribution in [0.3, 0.4) is 0 Å². The Kier molecular flexibility index (Phi) is 5.06. The molecule has 0 aliphatic carbocycles. The van der Waals surface area contributed by atoms with Crippen LogP contribution in [0, 0.1) is 0 Å². The molecule has 0 saturated heterocycles. The molecule has 1 unspecified atom stereocenters. The highest BCUT2D eigenvalue weighted by Gasteiger charge is 2.08. The molecule has 6 heteroatoms. The van der Waals surface area contributed by atoms with E-state index in [1.54, 1.807) is 7.11 Å². The minimum absolute atomic E-state index is 0.257. The van der Waals surface area contributed by atoms with E-state index in [2.05, 4.69) is 20.8 Å². The van der Waals surface area contributed by atoms with Gasteiger partial charge in [0.1, 0.15) is 0 Å². The SMILES string of the molecule is CNCc1nnc(NC(C)CCOC)o1. The van der Waals surface area contributed by atoms with E-state index in [4.69, 9.17) is 9.15 Å². The van der Waals surface area contributed by atoms with Crippen molar-refractivity contribution >= 4 is 6.01 Å². The van der Waals surface area contributed by atoms with Gasteiger partial charge in [0, 0.05) is 19.8 Å². The van der Waals surface area contributed by atoms with Crippen LogP contribution >= 0.6 is 0 Å². The molecule has 1 aromatic heterocycles. The Hall–Kier alpha value is -1.14. The lowest BCUT2D eigenvalue weighted by molar-refractivity contribution is 0.191. The minimum Gasteiger partial charge on any atom is -0.407 e. The van der Waals surface area contributed by atoms with Crippen LogP contribution < -0.4 is 10.6 Å². The number of hydrogen-bond acceptors (Lipinski definition) is 6. The summed E-state index contributed by atoms with van der Waals surface area (Å²) < 4.78 is 10.3. The summed E-state index contributed by atoms with van der Waals surface area (Å²) in [5, 5.41) is 13.8. The first-order chi connectivity index (χ1) is 7.26. The van der Waals surface area contributed by atoms with E-state index in [0.29, 0.717) is 25.1 Å². The maximum absolute atomic E-state index is 5.34. The minimum atomic E-state index is 0.257. The fraction of sp³-hybridized carbons (Fsp3) is 0.778. The predicted octanol–water partition coefficient (Wildman–Crippen LogP) is 0.626. The molecule has 1 rings (SSSR count). The molecule has 2 N–H and O–H groups in total. The standard InChI is InChI=1S/C9H18N4O2/c1-7(4-5-14-3)11-9-13-12-8(15-9)6-10-2/h7,10H,4-6H2,1-3H3,(H,11,13). The Morgan fingerprint density at radius 3 is 2.93 bits per heavy atom. The van der Waals surface area contributed by atoms with Crippen molar-refractivity contribution in [2.45, 2.75) is 25.9 Å². The molecule has 1 atom stereocenters. The van der Waals surface area contributed by atoms with Gasteiger partial charge >= 0.3 is 6.01 Å². The molecular formula is C9H18N4O2. The lowest BCUT2D eigenvalue weighted by Crippen LogP contribution is -2.17. The summed E-state index contributed by atoms with van der Waals surface area (Å²) >= 11 is 0. The van der Waals surface area contributed by atoms with Crippen LogP contribution in [0.1, 0.15) is 19.2 Å². The molecule has 86 valence electrons. The van der Waals surface area contributed by atoms with E-state index in [1.807, 2.05) is 14.0 Å². The molecule has 6 nitrogen and oxygen atoms in total. The zero-order chi connectivity index (χ0) is 11.1. The molecular weight excluding hydrogens is 196 g/mol. The normalized spacial score (nSPS) is 12.7. The average molecular weight is 214 g/mol. The van der Waals surface area contributed by atoms with Crippen LogP contribution in [-0.2, 0) is 11.3 Å². The summed E-state index contributed by atoms with van der Waals surface area (Å²) in [6.45, 7) is 3.34. The van der Waals surface area contributed by atoms with Gasteiger partial charge in [-0.05, 0) is 20.4 Å². The lowest BCUT2D eigenvalue weighted by Gasteiger charge is -2.10. The third kappa shape index (κ3) is 4.26. The van der Waals surface area contributed by atoms with Gasteiger partial charge in [-0.25, -0.2) is 0 Å². The second kappa shape index (κ2) is 6.36. The Bertz CT molecular complexity index is 277. The second-order valence-corrected chi connectivity index (χ2v) is 3.36. The fourth-order valence-electron chi connectivity index (χ4n) is 1.11. The van der Waals surface area contributed by atoms with E-state index in [1.165, 1.54) is 0 Å². The van der Waals surface area contributed by atoms with Crippen molar-refractivity contribution in [3.63, 3.8) is 0 Å². The highest BCUT2D eigenvalue weighted by molar-refractivity contribution is 5.18. The van der Waals surface area contributed by atoms with E-state index < -0.39 is 0 Å². The van der Waals surface area contributed by atoms with Gasteiger partial charge < -0.3 is 19.8 Å². The molecule has 0 aliphatic heterocycles. The Morgan fingerprint density at radius 2 is 2.27 bits per heavy atom. The number of rotatable bonds is 7. The third-order valence-corrected chi connectivity index (χ3v) is 1.92. The van der Waals surface area contributed by atoms with Crippen LogP contribution in [0.15, 0.2) is 4.42 Å². The van der Waals surface area contributed by atoms with Crippen LogP contribution in [-0.4, -0.2) is 37.0 Å². The molecule has 0 aromatic carbocycles. The summed E-state index contributed by atoms with van der Waals surface area (Å²) in [6, 6.07) is 0.719. The summed E-state index contributed by atoms with van der Waals surface area (Å²) in [7, 11) is 3.52. The monoisotopic (exact) mass is 214 g/mol. The van der Waals surface area contributed by atoms with Gasteiger partial charge in [0.2, 0.25) is 5.89 Å². The van der Waals surface area contributed by atoms with Crippen LogP contribution in [0.5, 0.6) is 0 Å². The van der Waals surface area contributed by atoms with E-state index >= 15 is 0 Å². The number of ether oxygens (including phenoxy) is 1. The molecule has 0 bridgehead atoms. The summed E-state index contributed by atoms with van der Waals surface area (Å²) in [5.41, 5.74) is 0. The Morgan fingerprint density at radius 1 is 1.47 bits per heavy atom. The predicted molar refractivity (Wildman–Crippen MR) is 56.6 cm³/mol. The zero-order valence-electron chi connectivity index (χ0n) is 9.41. The molecule has 0 fully saturated rings. The van der Waals surface area contributed by atoms with E-state index in [-0.39, 0.29) is 6.04 Å². The van der Waals surface area contributed by atoms with Crippen molar-refractivity contribution in [1.29, 1.82) is 0 Å². The molecule has 0 aliphatic rings. The van der Waals surface area contributed by atoms with Crippen molar-refractivity contribution < 1.29 is 9.15 Å². The van der Waals surface area contributed by atoms with Gasteiger partial charge in [-0.15, -0.1) is 5.10 Å². The molecule has 1 aromatic rings. The van der Waals surface area contributed by atoms with Crippen molar-refractivity contribution in [1.82, 2.24) is 15.5 Å². The van der Waals surface area contributed by atoms with Gasteiger partial charge in [-0.3, -0.25) is 0 Å². The summed E-state index contributed by atoms with van der Waals surface area (Å²) in [5.74, 6) is 0.582. The van der Waals surface area contributed by atoms with Gasteiger partial charge in [0.25, 0.3) is 0 Å². The van der Waals surface area contributed by atoms with Crippen molar-refractivity contribution in [3.8, 4) is 0 Å². The highest BCUT2D eigenvalue weighted by atomic mass is 16.5. The molecule has 0 amide bonds.